The monoisotopic (exact) mass is 530 g/mol. The number of aliphatic imine (C=N–C) groups is 1. The number of carbonyl (C=O) groups excluding carboxylic acids is 1. The van der Waals surface area contributed by atoms with Crippen molar-refractivity contribution in [1.29, 1.82) is 0 Å². The van der Waals surface area contributed by atoms with Crippen LogP contribution in [-0.2, 0) is 9.53 Å². The molecule has 2 aliphatic rings. The Balaban J connectivity index is 1.83. The quantitative estimate of drug-likeness (QED) is 0.525. The highest BCUT2D eigenvalue weighted by Gasteiger charge is 2.45. The molecule has 1 aromatic carbocycles. The number of carbonyl (C=O) groups is 1. The molecule has 0 bridgehead atoms. The summed E-state index contributed by atoms with van der Waals surface area (Å²) in [4.78, 5) is 23.6. The number of hydrogen-bond donors (Lipinski definition) is 2. The summed E-state index contributed by atoms with van der Waals surface area (Å²) in [5, 5.41) is 15.8. The molecule has 12 heteroatoms. The first-order chi connectivity index (χ1) is 16.2. The SMILES string of the molecule is CCOC(=O)C1=C(CN2CC(F)(F)C[C@@H]2CO)NC(c2nccs2)=N[C@H]1c1ccc(Cl)cc1Cl. The van der Waals surface area contributed by atoms with E-state index in [0.717, 1.165) is 0 Å². The Bertz CT molecular complexity index is 1130. The van der Waals surface area contributed by atoms with Crippen LogP contribution in [0.4, 0.5) is 8.78 Å². The molecule has 0 spiro atoms. The lowest BCUT2D eigenvalue weighted by Crippen LogP contribution is -2.42. The zero-order valence-electron chi connectivity index (χ0n) is 18.1. The molecule has 2 aliphatic heterocycles. The number of halogens is 4. The van der Waals surface area contributed by atoms with E-state index < -0.39 is 43.5 Å². The average Bonchev–Trinajstić information content (AvgIpc) is 3.41. The third kappa shape index (κ3) is 5.26. The van der Waals surface area contributed by atoms with E-state index in [1.165, 1.54) is 16.2 Å². The van der Waals surface area contributed by atoms with Crippen molar-refractivity contribution in [2.75, 3.05) is 26.3 Å². The molecule has 34 heavy (non-hydrogen) atoms. The minimum atomic E-state index is -2.95. The van der Waals surface area contributed by atoms with Gasteiger partial charge in [0.05, 0.1) is 25.3 Å². The fraction of sp³-hybridized carbons (Fsp3) is 0.409. The first-order valence-electron chi connectivity index (χ1n) is 10.5. The maximum absolute atomic E-state index is 14.2. The number of aliphatic hydroxyl groups is 1. The summed E-state index contributed by atoms with van der Waals surface area (Å²) in [6, 6.07) is 3.21. The normalized spacial score (nSPS) is 22.5. The van der Waals surface area contributed by atoms with E-state index in [1.807, 2.05) is 0 Å². The zero-order chi connectivity index (χ0) is 24.5. The first-order valence-corrected chi connectivity index (χ1v) is 12.2. The van der Waals surface area contributed by atoms with Crippen molar-refractivity contribution in [1.82, 2.24) is 15.2 Å². The zero-order valence-corrected chi connectivity index (χ0v) is 20.4. The van der Waals surface area contributed by atoms with Gasteiger partial charge < -0.3 is 15.2 Å². The maximum atomic E-state index is 14.2. The van der Waals surface area contributed by atoms with E-state index in [4.69, 9.17) is 32.9 Å². The molecule has 0 aliphatic carbocycles. The number of nitrogens with zero attached hydrogens (tertiary/aromatic N) is 3. The summed E-state index contributed by atoms with van der Waals surface area (Å²) in [5.41, 5.74) is 0.997. The van der Waals surface area contributed by atoms with E-state index in [1.54, 1.807) is 36.7 Å². The molecule has 1 saturated heterocycles. The molecule has 1 fully saturated rings. The number of thiazole rings is 1. The summed E-state index contributed by atoms with van der Waals surface area (Å²) in [7, 11) is 0. The van der Waals surface area contributed by atoms with Crippen molar-refractivity contribution in [3.8, 4) is 0 Å². The Morgan fingerprint density at radius 3 is 2.85 bits per heavy atom. The van der Waals surface area contributed by atoms with Gasteiger partial charge in [-0.05, 0) is 19.1 Å². The number of ether oxygens (including phenoxy) is 1. The second kappa shape index (κ2) is 10.2. The van der Waals surface area contributed by atoms with Crippen LogP contribution in [0, 0.1) is 0 Å². The summed E-state index contributed by atoms with van der Waals surface area (Å²) < 4.78 is 33.6. The van der Waals surface area contributed by atoms with E-state index in [9.17, 15) is 18.7 Å². The van der Waals surface area contributed by atoms with Gasteiger partial charge in [-0.25, -0.2) is 18.6 Å². The summed E-state index contributed by atoms with van der Waals surface area (Å²) in [5.74, 6) is -3.22. The van der Waals surface area contributed by atoms with E-state index in [0.29, 0.717) is 32.1 Å². The van der Waals surface area contributed by atoms with Gasteiger partial charge in [-0.1, -0.05) is 29.3 Å². The van der Waals surface area contributed by atoms with Gasteiger partial charge in [0, 0.05) is 51.9 Å². The van der Waals surface area contributed by atoms with Crippen molar-refractivity contribution < 1.29 is 23.4 Å². The number of hydrogen-bond acceptors (Lipinski definition) is 8. The summed E-state index contributed by atoms with van der Waals surface area (Å²) >= 11 is 13.9. The average molecular weight is 531 g/mol. The van der Waals surface area contributed by atoms with E-state index in [2.05, 4.69) is 10.3 Å². The van der Waals surface area contributed by atoms with E-state index >= 15 is 0 Å². The smallest absolute Gasteiger partial charge is 0.338 e. The van der Waals surface area contributed by atoms with Crippen molar-refractivity contribution in [2.45, 2.75) is 31.4 Å². The molecule has 2 aromatic rings. The van der Waals surface area contributed by atoms with Crippen LogP contribution in [0.3, 0.4) is 0 Å². The molecular formula is C22H22Cl2F2N4O3S. The van der Waals surface area contributed by atoms with Gasteiger partial charge in [-0.3, -0.25) is 9.89 Å². The number of aromatic nitrogens is 1. The number of amidine groups is 1. The Morgan fingerprint density at radius 1 is 1.41 bits per heavy atom. The fourth-order valence-corrected chi connectivity index (χ4v) is 5.20. The standard InChI is InChI=1S/C22H22Cl2F2N4O3S/c1-2-33-21(32)17-16(9-30-11-22(25,26)8-13(30)10-31)28-19(20-27-5-6-34-20)29-18(17)14-4-3-12(23)7-15(14)24/h3-7,13,18,31H,2,8-11H2,1H3,(H,28,29)/t13-,18+/m1/s1. The van der Waals surface area contributed by atoms with E-state index in [-0.39, 0.29) is 18.7 Å². The number of benzene rings is 1. The van der Waals surface area contributed by atoms with Crippen LogP contribution in [-0.4, -0.2) is 65.1 Å². The number of likely N-dealkylation sites (tertiary alicyclic amines) is 1. The van der Waals surface area contributed by atoms with Crippen molar-refractivity contribution in [2.24, 2.45) is 4.99 Å². The molecule has 0 unspecified atom stereocenters. The first kappa shape index (κ1) is 25.0. The molecule has 3 heterocycles. The predicted octanol–water partition coefficient (Wildman–Crippen LogP) is 4.06. The molecule has 0 amide bonds. The van der Waals surface area contributed by atoms with Crippen LogP contribution in [0.25, 0.3) is 0 Å². The lowest BCUT2D eigenvalue weighted by atomic mass is 9.95. The fourth-order valence-electron chi connectivity index (χ4n) is 4.10. The number of alkyl halides is 2. The van der Waals surface area contributed by atoms with Gasteiger partial charge >= 0.3 is 5.97 Å². The summed E-state index contributed by atoms with van der Waals surface area (Å²) in [6.45, 7) is 0.751. The molecule has 2 N–H and O–H groups in total. The molecular weight excluding hydrogens is 509 g/mol. The third-order valence-electron chi connectivity index (χ3n) is 5.57. The Morgan fingerprint density at radius 2 is 2.21 bits per heavy atom. The Hall–Kier alpha value is -2.11. The molecule has 1 aromatic heterocycles. The minimum Gasteiger partial charge on any atom is -0.463 e. The number of nitrogens with one attached hydrogen (secondary N) is 1. The highest BCUT2D eigenvalue weighted by molar-refractivity contribution is 7.11. The maximum Gasteiger partial charge on any atom is 0.338 e. The van der Waals surface area contributed by atoms with Gasteiger partial charge in [0.1, 0.15) is 6.04 Å². The number of aliphatic hydroxyl groups excluding tert-OH is 1. The highest BCUT2D eigenvalue weighted by Crippen LogP contribution is 2.39. The summed E-state index contributed by atoms with van der Waals surface area (Å²) in [6.07, 6.45) is 1.15. The topological polar surface area (TPSA) is 87.0 Å². The van der Waals surface area contributed by atoms with Crippen LogP contribution in [0.15, 0.2) is 46.0 Å². The molecule has 182 valence electrons. The molecule has 7 nitrogen and oxygen atoms in total. The van der Waals surface area contributed by atoms with Crippen LogP contribution < -0.4 is 5.32 Å². The Kier molecular flexibility index (Phi) is 7.54. The lowest BCUT2D eigenvalue weighted by molar-refractivity contribution is -0.139. The van der Waals surface area contributed by atoms with Crippen LogP contribution in [0.1, 0.15) is 30.0 Å². The second-order valence-electron chi connectivity index (χ2n) is 7.92. The molecule has 0 saturated carbocycles. The second-order valence-corrected chi connectivity index (χ2v) is 9.66. The number of rotatable bonds is 7. The minimum absolute atomic E-state index is 0.0545. The van der Waals surface area contributed by atoms with Gasteiger partial charge in [-0.15, -0.1) is 11.3 Å². The van der Waals surface area contributed by atoms with Crippen molar-refractivity contribution in [3.63, 3.8) is 0 Å². The predicted molar refractivity (Wildman–Crippen MR) is 127 cm³/mol. The van der Waals surface area contributed by atoms with Crippen LogP contribution in [0.2, 0.25) is 10.0 Å². The molecule has 2 atom stereocenters. The van der Waals surface area contributed by atoms with Gasteiger partial charge in [0.25, 0.3) is 5.92 Å². The highest BCUT2D eigenvalue weighted by atomic mass is 35.5. The van der Waals surface area contributed by atoms with Crippen LogP contribution >= 0.6 is 34.5 Å². The molecule has 0 radical (unpaired) electrons. The van der Waals surface area contributed by atoms with Gasteiger partial charge in [0.15, 0.2) is 10.8 Å². The Labute approximate surface area is 209 Å². The molecule has 4 rings (SSSR count). The van der Waals surface area contributed by atoms with Crippen LogP contribution in [0.5, 0.6) is 0 Å². The third-order valence-corrected chi connectivity index (χ3v) is 6.91. The van der Waals surface area contributed by atoms with Gasteiger partial charge in [0.2, 0.25) is 0 Å². The van der Waals surface area contributed by atoms with Crippen molar-refractivity contribution in [3.05, 3.63) is 61.7 Å². The van der Waals surface area contributed by atoms with Gasteiger partial charge in [-0.2, -0.15) is 0 Å². The largest absolute Gasteiger partial charge is 0.463 e. The number of esters is 1. The van der Waals surface area contributed by atoms with Crippen molar-refractivity contribution >= 4 is 46.3 Å². The lowest BCUT2D eigenvalue weighted by Gasteiger charge is -2.31.